The molecule has 8 heteroatoms. The van der Waals surface area contributed by atoms with Gasteiger partial charge in [0.1, 0.15) is 11.5 Å². The molecule has 4 amide bonds. The fourth-order valence-electron chi connectivity index (χ4n) is 2.90. The quantitative estimate of drug-likeness (QED) is 0.534. The number of alkyl carbamates (subject to hydrolysis) is 1. The van der Waals surface area contributed by atoms with E-state index in [1.54, 1.807) is 13.0 Å². The Morgan fingerprint density at radius 3 is 3.00 bits per heavy atom. The summed E-state index contributed by atoms with van der Waals surface area (Å²) < 4.78 is 10.6. The molecule has 0 bridgehead atoms. The summed E-state index contributed by atoms with van der Waals surface area (Å²) in [5, 5.41) is 7.42. The van der Waals surface area contributed by atoms with Crippen molar-refractivity contribution in [3.05, 3.63) is 34.8 Å². The number of hydrogen-bond donors (Lipinski definition) is 3. The van der Waals surface area contributed by atoms with Crippen LogP contribution in [0.25, 0.3) is 12.2 Å². The van der Waals surface area contributed by atoms with E-state index in [1.807, 2.05) is 18.2 Å². The Kier molecular flexibility index (Phi) is 5.40. The zero-order valence-corrected chi connectivity index (χ0v) is 14.5. The molecule has 2 aliphatic rings. The first-order valence-electron chi connectivity index (χ1n) is 8.58. The molecule has 1 aromatic heterocycles. The summed E-state index contributed by atoms with van der Waals surface area (Å²) in [6.45, 7) is 2.66. The summed E-state index contributed by atoms with van der Waals surface area (Å²) in [4.78, 5) is 34.3. The first-order valence-corrected chi connectivity index (χ1v) is 8.58. The van der Waals surface area contributed by atoms with Crippen molar-refractivity contribution in [1.29, 1.82) is 0 Å². The molecule has 1 fully saturated rings. The third kappa shape index (κ3) is 4.14. The van der Waals surface area contributed by atoms with Crippen molar-refractivity contribution in [1.82, 2.24) is 16.0 Å². The summed E-state index contributed by atoms with van der Waals surface area (Å²) in [6, 6.07) is 0.457. The molecule has 1 aliphatic heterocycles. The number of carbonyl (C=O) groups excluding carboxylic acids is 3. The number of urea groups is 1. The zero-order chi connectivity index (χ0) is 18.5. The lowest BCUT2D eigenvalue weighted by Crippen LogP contribution is -2.25. The van der Waals surface area contributed by atoms with Gasteiger partial charge in [-0.3, -0.25) is 10.1 Å². The molecule has 0 saturated carbocycles. The normalized spacial score (nSPS) is 18.5. The zero-order valence-electron chi connectivity index (χ0n) is 14.5. The molecule has 26 heavy (non-hydrogen) atoms. The SMILES string of the molecule is CCOC(=O)NCCCC1=Cc2cc(C3NC(=O)NC3=O)oc2C=CC1. The molecule has 138 valence electrons. The van der Waals surface area contributed by atoms with Crippen LogP contribution in [-0.4, -0.2) is 31.2 Å². The van der Waals surface area contributed by atoms with Crippen LogP contribution in [0.4, 0.5) is 9.59 Å². The average Bonchev–Trinajstić information content (AvgIpc) is 3.08. The summed E-state index contributed by atoms with van der Waals surface area (Å²) >= 11 is 0. The van der Waals surface area contributed by atoms with Crippen LogP contribution in [0.1, 0.15) is 49.3 Å². The van der Waals surface area contributed by atoms with Crippen LogP contribution in [0.15, 0.2) is 22.1 Å². The van der Waals surface area contributed by atoms with Crippen LogP contribution in [0.3, 0.4) is 0 Å². The largest absolute Gasteiger partial charge is 0.458 e. The van der Waals surface area contributed by atoms with Gasteiger partial charge in [0.15, 0.2) is 6.04 Å². The van der Waals surface area contributed by atoms with Crippen molar-refractivity contribution < 1.29 is 23.5 Å². The smallest absolute Gasteiger partial charge is 0.407 e. The van der Waals surface area contributed by atoms with E-state index in [1.165, 1.54) is 5.57 Å². The maximum Gasteiger partial charge on any atom is 0.407 e. The standard InChI is InChI=1S/C18H21N3O5/c1-2-25-18(24)19-8-4-6-11-5-3-7-13-12(9-11)10-14(26-13)15-16(22)21-17(23)20-15/h3,7,9-10,15H,2,4-6,8H2,1H3,(H,19,24)(H2,20,21,22,23). The molecular weight excluding hydrogens is 338 g/mol. The van der Waals surface area contributed by atoms with Gasteiger partial charge in [0, 0.05) is 12.1 Å². The number of rotatable bonds is 6. The van der Waals surface area contributed by atoms with Gasteiger partial charge in [0.25, 0.3) is 5.91 Å². The third-order valence-electron chi connectivity index (χ3n) is 4.10. The van der Waals surface area contributed by atoms with Gasteiger partial charge in [-0.25, -0.2) is 9.59 Å². The van der Waals surface area contributed by atoms with Crippen molar-refractivity contribution >= 4 is 30.2 Å². The van der Waals surface area contributed by atoms with E-state index in [0.717, 1.165) is 24.8 Å². The van der Waals surface area contributed by atoms with Gasteiger partial charge >= 0.3 is 12.1 Å². The number of hydrogen-bond acceptors (Lipinski definition) is 5. The highest BCUT2D eigenvalue weighted by Gasteiger charge is 2.34. The average molecular weight is 359 g/mol. The van der Waals surface area contributed by atoms with Crippen molar-refractivity contribution in [2.45, 2.75) is 32.2 Å². The lowest BCUT2D eigenvalue weighted by Gasteiger charge is -2.06. The second kappa shape index (κ2) is 7.90. The number of allylic oxidation sites excluding steroid dienone is 2. The van der Waals surface area contributed by atoms with Gasteiger partial charge in [-0.05, 0) is 38.3 Å². The Hall–Kier alpha value is -3.03. The van der Waals surface area contributed by atoms with E-state index >= 15 is 0 Å². The van der Waals surface area contributed by atoms with Crippen molar-refractivity contribution in [3.63, 3.8) is 0 Å². The first kappa shape index (κ1) is 17.8. The number of nitrogens with one attached hydrogen (secondary N) is 3. The number of furan rings is 1. The Balaban J connectivity index is 1.62. The molecule has 8 nitrogen and oxygen atoms in total. The van der Waals surface area contributed by atoms with E-state index in [9.17, 15) is 14.4 Å². The topological polar surface area (TPSA) is 110 Å². The molecule has 2 heterocycles. The van der Waals surface area contributed by atoms with Crippen LogP contribution in [-0.2, 0) is 9.53 Å². The minimum absolute atomic E-state index is 0.354. The second-order valence-electron chi connectivity index (χ2n) is 6.02. The van der Waals surface area contributed by atoms with Gasteiger partial charge in [-0.15, -0.1) is 0 Å². The lowest BCUT2D eigenvalue weighted by atomic mass is 10.0. The summed E-state index contributed by atoms with van der Waals surface area (Å²) in [6.07, 6.45) is 7.89. The molecule has 3 rings (SSSR count). The summed E-state index contributed by atoms with van der Waals surface area (Å²) in [7, 11) is 0. The lowest BCUT2D eigenvalue weighted by molar-refractivity contribution is -0.120. The number of imide groups is 1. The molecule has 1 unspecified atom stereocenters. The maximum absolute atomic E-state index is 11.8. The number of ether oxygens (including phenoxy) is 1. The molecule has 1 saturated heterocycles. The van der Waals surface area contributed by atoms with Gasteiger partial charge in [0.2, 0.25) is 0 Å². The summed E-state index contributed by atoms with van der Waals surface area (Å²) in [5.74, 6) is 0.648. The Morgan fingerprint density at radius 2 is 2.27 bits per heavy atom. The molecule has 0 aromatic carbocycles. The van der Waals surface area contributed by atoms with Crippen molar-refractivity contribution in [2.75, 3.05) is 13.2 Å². The molecule has 0 radical (unpaired) electrons. The highest BCUT2D eigenvalue weighted by atomic mass is 16.5. The van der Waals surface area contributed by atoms with E-state index in [4.69, 9.17) is 9.15 Å². The van der Waals surface area contributed by atoms with Gasteiger partial charge in [0.05, 0.1) is 6.61 Å². The maximum atomic E-state index is 11.8. The van der Waals surface area contributed by atoms with Gasteiger partial charge in [-0.1, -0.05) is 17.7 Å². The van der Waals surface area contributed by atoms with E-state index in [2.05, 4.69) is 16.0 Å². The predicted octanol–water partition coefficient (Wildman–Crippen LogP) is 2.49. The van der Waals surface area contributed by atoms with Gasteiger partial charge < -0.3 is 19.8 Å². The first-order chi connectivity index (χ1) is 12.6. The molecule has 0 spiro atoms. The minimum Gasteiger partial charge on any atom is -0.458 e. The highest BCUT2D eigenvalue weighted by Crippen LogP contribution is 2.29. The van der Waals surface area contributed by atoms with E-state index < -0.39 is 24.1 Å². The molecular formula is C18H21N3O5. The molecule has 1 atom stereocenters. The van der Waals surface area contributed by atoms with Crippen LogP contribution in [0.5, 0.6) is 0 Å². The Labute approximate surface area is 150 Å². The summed E-state index contributed by atoms with van der Waals surface area (Å²) in [5.41, 5.74) is 2.06. The predicted molar refractivity (Wildman–Crippen MR) is 94.0 cm³/mol. The number of carbonyl (C=O) groups is 3. The Bertz CT molecular complexity index is 778. The fraction of sp³-hybridized carbons (Fsp3) is 0.389. The Morgan fingerprint density at radius 1 is 1.42 bits per heavy atom. The molecule has 3 N–H and O–H groups in total. The fourth-order valence-corrected chi connectivity index (χ4v) is 2.90. The molecule has 1 aliphatic carbocycles. The third-order valence-corrected chi connectivity index (χ3v) is 4.10. The number of amides is 4. The van der Waals surface area contributed by atoms with Gasteiger partial charge in [-0.2, -0.15) is 0 Å². The minimum atomic E-state index is -0.798. The van der Waals surface area contributed by atoms with Crippen LogP contribution in [0.2, 0.25) is 0 Å². The van der Waals surface area contributed by atoms with E-state index in [-0.39, 0.29) is 0 Å². The van der Waals surface area contributed by atoms with Crippen LogP contribution < -0.4 is 16.0 Å². The molecule has 1 aromatic rings. The number of fused-ring (bicyclic) bond motifs is 1. The monoisotopic (exact) mass is 359 g/mol. The highest BCUT2D eigenvalue weighted by molar-refractivity contribution is 6.04. The van der Waals surface area contributed by atoms with Crippen molar-refractivity contribution in [3.8, 4) is 0 Å². The van der Waals surface area contributed by atoms with E-state index in [0.29, 0.717) is 24.7 Å². The van der Waals surface area contributed by atoms with Crippen LogP contribution in [0, 0.1) is 0 Å². The van der Waals surface area contributed by atoms with Crippen LogP contribution >= 0.6 is 0 Å². The van der Waals surface area contributed by atoms with Crippen molar-refractivity contribution in [2.24, 2.45) is 0 Å². The second-order valence-corrected chi connectivity index (χ2v) is 6.02.